The van der Waals surface area contributed by atoms with E-state index in [-0.39, 0.29) is 62.3 Å². The summed E-state index contributed by atoms with van der Waals surface area (Å²) in [5.74, 6) is -2.99. The highest BCUT2D eigenvalue weighted by molar-refractivity contribution is 5.95. The number of aliphatic hydroxyl groups is 1. The van der Waals surface area contributed by atoms with Gasteiger partial charge in [-0.25, -0.2) is 19.2 Å². The van der Waals surface area contributed by atoms with E-state index in [4.69, 9.17) is 9.15 Å². The van der Waals surface area contributed by atoms with E-state index >= 15 is 0 Å². The average Bonchev–Trinajstić information content (AvgIpc) is 4.01. The molecule has 3 amide bonds. The number of allylic oxidation sites excluding steroid dienone is 2. The zero-order valence-electron chi connectivity index (χ0n) is 32.1. The van der Waals surface area contributed by atoms with Crippen LogP contribution in [0.25, 0.3) is 22.3 Å². The van der Waals surface area contributed by atoms with Crippen molar-refractivity contribution in [2.24, 2.45) is 11.8 Å². The zero-order chi connectivity index (χ0) is 40.5. The Morgan fingerprint density at radius 2 is 2.04 bits per heavy atom. The van der Waals surface area contributed by atoms with Crippen LogP contribution in [0.1, 0.15) is 62.8 Å². The lowest BCUT2D eigenvalue weighted by Crippen LogP contribution is -2.44. The first-order valence-corrected chi connectivity index (χ1v) is 19.1. The Bertz CT molecular complexity index is 2140. The third-order valence-corrected chi connectivity index (χ3v) is 9.82. The van der Waals surface area contributed by atoms with Crippen LogP contribution in [0.4, 0.5) is 4.39 Å². The summed E-state index contributed by atoms with van der Waals surface area (Å²) in [5.41, 5.74) is 2.80. The molecule has 0 unspecified atom stereocenters. The number of ether oxygens (including phenoxy) is 1. The number of amides is 3. The van der Waals surface area contributed by atoms with E-state index < -0.39 is 48.1 Å². The summed E-state index contributed by atoms with van der Waals surface area (Å²) in [6.07, 6.45) is 11.0. The molecule has 0 saturated carbocycles. The van der Waals surface area contributed by atoms with E-state index in [0.29, 0.717) is 30.7 Å². The number of aliphatic hydroxyl groups excluding tert-OH is 1. The van der Waals surface area contributed by atoms with Crippen molar-refractivity contribution in [3.05, 3.63) is 84.5 Å². The molecule has 6 heterocycles. The van der Waals surface area contributed by atoms with Gasteiger partial charge in [0.1, 0.15) is 35.9 Å². The summed E-state index contributed by atoms with van der Waals surface area (Å²) in [5, 5.41) is 25.4. The number of aromatic amines is 1. The molecule has 302 valence electrons. The largest absolute Gasteiger partial charge is 0.460 e. The summed E-state index contributed by atoms with van der Waals surface area (Å²) in [6.45, 7) is 6.41. The van der Waals surface area contributed by atoms with Crippen molar-refractivity contribution in [3.8, 4) is 11.3 Å². The second-order valence-corrected chi connectivity index (χ2v) is 14.7. The normalized spacial score (nSPS) is 25.0. The molecule has 16 nitrogen and oxygen atoms in total. The monoisotopic (exact) mass is 785 g/mol. The van der Waals surface area contributed by atoms with Gasteiger partial charge >= 0.3 is 5.97 Å². The number of esters is 1. The van der Waals surface area contributed by atoms with Gasteiger partial charge in [-0.2, -0.15) is 0 Å². The Morgan fingerprint density at radius 1 is 1.19 bits per heavy atom. The van der Waals surface area contributed by atoms with Gasteiger partial charge in [-0.05, 0) is 43.9 Å². The number of pyridine rings is 1. The number of nitrogens with zero attached hydrogens (tertiary/aromatic N) is 6. The van der Waals surface area contributed by atoms with Gasteiger partial charge in [-0.3, -0.25) is 19.1 Å². The predicted octanol–water partition coefficient (Wildman–Crippen LogP) is 3.62. The molecule has 4 aromatic rings. The van der Waals surface area contributed by atoms with Crippen molar-refractivity contribution < 1.29 is 37.8 Å². The van der Waals surface area contributed by atoms with Gasteiger partial charge < -0.3 is 34.8 Å². The Morgan fingerprint density at radius 3 is 2.86 bits per heavy atom. The number of alkyl halides is 1. The number of carbonyl (C=O) groups excluding carboxylic acids is 4. The minimum atomic E-state index is -1.50. The maximum Gasteiger partial charge on any atom is 0.329 e. The zero-order valence-corrected chi connectivity index (χ0v) is 32.1. The molecule has 17 heteroatoms. The minimum Gasteiger partial charge on any atom is -0.460 e. The molecule has 1 fully saturated rings. The first kappa shape index (κ1) is 40.7. The lowest BCUT2D eigenvalue weighted by molar-refractivity contribution is -0.159. The molecule has 4 aromatic heterocycles. The number of fused-ring (bicyclic) bond motifs is 4. The number of aromatic nitrogens is 6. The first-order chi connectivity index (χ1) is 27.4. The molecule has 5 atom stereocenters. The summed E-state index contributed by atoms with van der Waals surface area (Å²) in [7, 11) is 0. The minimum absolute atomic E-state index is 0.00640. The van der Waals surface area contributed by atoms with Crippen LogP contribution in [-0.4, -0.2) is 108 Å². The van der Waals surface area contributed by atoms with Crippen LogP contribution < -0.4 is 10.6 Å². The van der Waals surface area contributed by atoms with Crippen molar-refractivity contribution in [3.63, 3.8) is 0 Å². The van der Waals surface area contributed by atoms with Crippen molar-refractivity contribution in [1.29, 1.82) is 0 Å². The van der Waals surface area contributed by atoms with Gasteiger partial charge in [-0.15, -0.1) is 5.10 Å². The number of halogens is 1. The highest BCUT2D eigenvalue weighted by atomic mass is 19.1. The van der Waals surface area contributed by atoms with Crippen molar-refractivity contribution in [1.82, 2.24) is 45.5 Å². The van der Waals surface area contributed by atoms with E-state index in [1.54, 1.807) is 42.2 Å². The third-order valence-electron chi connectivity index (χ3n) is 9.82. The quantitative estimate of drug-likeness (QED) is 0.199. The second kappa shape index (κ2) is 18.8. The maximum atomic E-state index is 14.9. The van der Waals surface area contributed by atoms with E-state index in [2.05, 4.69) is 35.9 Å². The first-order valence-electron chi connectivity index (χ1n) is 19.1. The van der Waals surface area contributed by atoms with Crippen LogP contribution in [0.5, 0.6) is 0 Å². The number of hydrogen-bond acceptors (Lipinski definition) is 11. The Labute approximate surface area is 328 Å². The molecule has 2 aliphatic rings. The van der Waals surface area contributed by atoms with Gasteiger partial charge in [0.2, 0.25) is 11.8 Å². The SMILES string of the molecule is CC1=C\[C@@H](O)C[C@@H](F)Cc2nc(co2)C(=O)N2CCC[C@@H]2C(=O)O[C@H](C(C)C)[C@H](CC(=O)NCCn2cc(-c3cnc4[nH]ccc4c3)nn2)/C=C/C(=O)NC\C=C\1. The maximum absolute atomic E-state index is 14.9. The highest BCUT2D eigenvalue weighted by Gasteiger charge is 2.39. The Kier molecular flexibility index (Phi) is 13.4. The fourth-order valence-corrected chi connectivity index (χ4v) is 6.98. The Balaban J connectivity index is 1.16. The van der Waals surface area contributed by atoms with Crippen LogP contribution in [0.3, 0.4) is 0 Å². The van der Waals surface area contributed by atoms with Gasteiger partial charge in [0, 0.05) is 61.7 Å². The molecular weight excluding hydrogens is 737 g/mol. The number of hydrogen-bond donors (Lipinski definition) is 4. The number of rotatable bonds is 7. The molecule has 1 saturated heterocycles. The van der Waals surface area contributed by atoms with Gasteiger partial charge in [0.15, 0.2) is 11.6 Å². The summed E-state index contributed by atoms with van der Waals surface area (Å²) < 4.78 is 28.0. The number of carbonyl (C=O) groups is 4. The second-order valence-electron chi connectivity index (χ2n) is 14.7. The standard InChI is InChI=1S/C40H48FN9O7/c1-24(2)37-26(18-35(53)43-13-15-49-22-31(47-48-49)28-17-27-10-12-44-38(27)45-21-28)8-9-34(52)42-11-4-6-25(3)16-30(51)19-29(41)20-36-46-32(23-56-36)39(54)50-14-5-7-33(50)40(55)57-37/h4,6,8-10,12,16-17,21-24,26,29-30,33,37,51H,5,7,11,13-15,18-20H2,1-3H3,(H,42,52)(H,43,53)(H,44,45)/b6-4+,9-8+,25-16+/t26-,29+,30+,33+,37+/m0/s1. The van der Waals surface area contributed by atoms with Crippen molar-refractivity contribution in [2.45, 2.75) is 83.8 Å². The van der Waals surface area contributed by atoms with Gasteiger partial charge in [-0.1, -0.05) is 48.9 Å². The lowest BCUT2D eigenvalue weighted by Gasteiger charge is -2.30. The summed E-state index contributed by atoms with van der Waals surface area (Å²) >= 11 is 0. The molecule has 2 bridgehead atoms. The third kappa shape index (κ3) is 10.9. The topological polar surface area (TPSA) is 210 Å². The lowest BCUT2D eigenvalue weighted by atomic mass is 9.89. The molecule has 4 N–H and O–H groups in total. The molecule has 0 aliphatic carbocycles. The van der Waals surface area contributed by atoms with Crippen LogP contribution in [0.2, 0.25) is 0 Å². The smallest absolute Gasteiger partial charge is 0.329 e. The fourth-order valence-electron chi connectivity index (χ4n) is 6.98. The Hall–Kier alpha value is -5.97. The number of cyclic esters (lactones) is 1. The number of H-pyrrole nitrogens is 1. The van der Waals surface area contributed by atoms with E-state index in [9.17, 15) is 28.7 Å². The van der Waals surface area contributed by atoms with E-state index in [1.807, 2.05) is 32.2 Å². The summed E-state index contributed by atoms with van der Waals surface area (Å²) in [4.78, 5) is 66.7. The highest BCUT2D eigenvalue weighted by Crippen LogP contribution is 2.27. The molecule has 2 aliphatic heterocycles. The van der Waals surface area contributed by atoms with E-state index in [1.165, 1.54) is 17.1 Å². The van der Waals surface area contributed by atoms with Crippen LogP contribution in [0, 0.1) is 11.8 Å². The number of nitrogens with one attached hydrogen (secondary N) is 3. The van der Waals surface area contributed by atoms with Gasteiger partial charge in [0.05, 0.1) is 25.3 Å². The van der Waals surface area contributed by atoms with Crippen LogP contribution in [-0.2, 0) is 32.1 Å². The van der Waals surface area contributed by atoms with Crippen LogP contribution in [0.15, 0.2) is 77.4 Å². The van der Waals surface area contributed by atoms with E-state index in [0.717, 1.165) is 22.9 Å². The summed E-state index contributed by atoms with van der Waals surface area (Å²) in [6, 6.07) is 2.95. The molecule has 0 aromatic carbocycles. The van der Waals surface area contributed by atoms with Gasteiger partial charge in [0.25, 0.3) is 5.91 Å². The van der Waals surface area contributed by atoms with Crippen LogP contribution >= 0.6 is 0 Å². The molecule has 0 spiro atoms. The molecule has 6 rings (SSSR count). The number of oxazole rings is 1. The predicted molar refractivity (Wildman–Crippen MR) is 206 cm³/mol. The molecule has 0 radical (unpaired) electrons. The molecular formula is C40H48FN9O7. The average molecular weight is 786 g/mol. The van der Waals surface area contributed by atoms with Crippen molar-refractivity contribution >= 4 is 34.7 Å². The molecule has 57 heavy (non-hydrogen) atoms. The fraction of sp³-hybridized carbons (Fsp3) is 0.450. The van der Waals surface area contributed by atoms with Crippen molar-refractivity contribution in [2.75, 3.05) is 19.6 Å².